The summed E-state index contributed by atoms with van der Waals surface area (Å²) in [5.74, 6) is 2.63. The van der Waals surface area contributed by atoms with E-state index in [0.717, 1.165) is 35.5 Å². The summed E-state index contributed by atoms with van der Waals surface area (Å²) in [4.78, 5) is 9.41. The molecule has 0 amide bonds. The minimum absolute atomic E-state index is 0.0988. The lowest BCUT2D eigenvalue weighted by Gasteiger charge is -2.16. The summed E-state index contributed by atoms with van der Waals surface area (Å²) in [6, 6.07) is 5.77. The van der Waals surface area contributed by atoms with Crippen LogP contribution in [0.5, 0.6) is 17.4 Å². The Kier molecular flexibility index (Phi) is 8.36. The highest BCUT2D eigenvalue weighted by Gasteiger charge is 2.17. The average Bonchev–Trinajstić information content (AvgIpc) is 2.67. The molecule has 28 heavy (non-hydrogen) atoms. The van der Waals surface area contributed by atoms with Crippen LogP contribution in [0.2, 0.25) is 0 Å². The van der Waals surface area contributed by atoms with Crippen molar-refractivity contribution in [3.63, 3.8) is 0 Å². The summed E-state index contributed by atoms with van der Waals surface area (Å²) in [5, 5.41) is 3.10. The fraction of sp³-hybridized carbons (Fsp3) is 0.545. The van der Waals surface area contributed by atoms with Gasteiger partial charge in [-0.15, -0.1) is 0 Å². The van der Waals surface area contributed by atoms with Crippen LogP contribution in [0.1, 0.15) is 52.1 Å². The molecule has 0 saturated carbocycles. The van der Waals surface area contributed by atoms with Crippen LogP contribution < -0.4 is 19.5 Å². The van der Waals surface area contributed by atoms with Crippen molar-refractivity contribution in [2.45, 2.75) is 59.5 Å². The molecule has 0 aliphatic carbocycles. The summed E-state index contributed by atoms with van der Waals surface area (Å²) in [5.41, 5.74) is 2.42. The maximum Gasteiger partial charge on any atom is 0.257 e. The summed E-state index contributed by atoms with van der Waals surface area (Å²) in [6.45, 7) is 8.77. The van der Waals surface area contributed by atoms with Gasteiger partial charge in [0.1, 0.15) is 11.5 Å². The van der Waals surface area contributed by atoms with Crippen LogP contribution >= 0.6 is 0 Å². The Balaban J connectivity index is 2.28. The fourth-order valence-electron chi connectivity index (χ4n) is 2.93. The molecule has 6 nitrogen and oxygen atoms in total. The molecular weight excluding hydrogens is 354 g/mol. The molecule has 2 rings (SSSR count). The second-order valence-corrected chi connectivity index (χ2v) is 7.00. The summed E-state index contributed by atoms with van der Waals surface area (Å²) in [6.07, 6.45) is 4.71. The van der Waals surface area contributed by atoms with Crippen molar-refractivity contribution in [1.29, 1.82) is 0 Å². The molecule has 2 aromatic rings. The molecule has 1 aromatic heterocycles. The minimum Gasteiger partial charge on any atom is -0.496 e. The number of aryl methyl sites for hydroxylation is 1. The van der Waals surface area contributed by atoms with E-state index in [-0.39, 0.29) is 6.10 Å². The van der Waals surface area contributed by atoms with Crippen LogP contribution in [0.25, 0.3) is 11.3 Å². The number of hydrogen-bond acceptors (Lipinski definition) is 6. The van der Waals surface area contributed by atoms with Gasteiger partial charge in [0.25, 0.3) is 5.88 Å². The van der Waals surface area contributed by atoms with Crippen molar-refractivity contribution in [2.75, 3.05) is 26.1 Å². The molecule has 0 atom stereocenters. The van der Waals surface area contributed by atoms with Crippen LogP contribution in [0.3, 0.4) is 0 Å². The first-order valence-corrected chi connectivity index (χ1v) is 10.0. The third kappa shape index (κ3) is 5.75. The third-order valence-corrected chi connectivity index (χ3v) is 4.31. The quantitative estimate of drug-likeness (QED) is 0.531. The van der Waals surface area contributed by atoms with Crippen LogP contribution in [0, 0.1) is 6.92 Å². The van der Waals surface area contributed by atoms with E-state index in [9.17, 15) is 0 Å². The molecule has 1 aromatic carbocycles. The number of ether oxygens (including phenoxy) is 3. The van der Waals surface area contributed by atoms with Crippen molar-refractivity contribution in [3.05, 3.63) is 23.9 Å². The van der Waals surface area contributed by atoms with E-state index in [0.29, 0.717) is 24.1 Å². The molecule has 0 radical (unpaired) electrons. The highest BCUT2D eigenvalue weighted by molar-refractivity contribution is 5.72. The van der Waals surface area contributed by atoms with Gasteiger partial charge in [0.05, 0.1) is 31.2 Å². The number of methoxy groups -OCH3 is 1. The number of nitrogens with zero attached hydrogens (tertiary/aromatic N) is 2. The molecule has 0 aliphatic rings. The predicted molar refractivity (Wildman–Crippen MR) is 114 cm³/mol. The SMILES string of the molecule is CCCCCCOc1nc(C)c(-c2ccc(OC(C)C)cc2OC)nc1NC. The van der Waals surface area contributed by atoms with E-state index in [1.54, 1.807) is 7.11 Å². The number of hydrogen-bond donors (Lipinski definition) is 1. The highest BCUT2D eigenvalue weighted by Crippen LogP contribution is 2.36. The van der Waals surface area contributed by atoms with E-state index < -0.39 is 0 Å². The Bertz CT molecular complexity index is 763. The normalized spacial score (nSPS) is 10.8. The van der Waals surface area contributed by atoms with Gasteiger partial charge in [-0.05, 0) is 39.3 Å². The summed E-state index contributed by atoms with van der Waals surface area (Å²) >= 11 is 0. The minimum atomic E-state index is 0.0988. The second-order valence-electron chi connectivity index (χ2n) is 7.00. The van der Waals surface area contributed by atoms with Crippen molar-refractivity contribution < 1.29 is 14.2 Å². The van der Waals surface area contributed by atoms with Gasteiger partial charge in [0.2, 0.25) is 0 Å². The van der Waals surface area contributed by atoms with Crippen molar-refractivity contribution >= 4 is 5.82 Å². The van der Waals surface area contributed by atoms with Crippen molar-refractivity contribution in [2.24, 2.45) is 0 Å². The van der Waals surface area contributed by atoms with Crippen LogP contribution in [0.15, 0.2) is 18.2 Å². The first-order chi connectivity index (χ1) is 13.5. The average molecular weight is 388 g/mol. The third-order valence-electron chi connectivity index (χ3n) is 4.31. The molecule has 1 N–H and O–H groups in total. The molecule has 1 heterocycles. The zero-order valence-electron chi connectivity index (χ0n) is 18.0. The lowest BCUT2D eigenvalue weighted by Crippen LogP contribution is -2.08. The first kappa shape index (κ1) is 21.8. The molecule has 0 saturated heterocycles. The molecule has 0 unspecified atom stereocenters. The Hall–Kier alpha value is -2.50. The van der Waals surface area contributed by atoms with E-state index >= 15 is 0 Å². The molecule has 0 bridgehead atoms. The van der Waals surface area contributed by atoms with Gasteiger partial charge < -0.3 is 19.5 Å². The summed E-state index contributed by atoms with van der Waals surface area (Å²) < 4.78 is 17.2. The maximum absolute atomic E-state index is 5.88. The van der Waals surface area contributed by atoms with E-state index in [4.69, 9.17) is 19.2 Å². The van der Waals surface area contributed by atoms with Crippen LogP contribution in [-0.2, 0) is 0 Å². The Labute approximate surface area is 168 Å². The lowest BCUT2D eigenvalue weighted by molar-refractivity contribution is 0.241. The number of benzene rings is 1. The monoisotopic (exact) mass is 387 g/mol. The second kappa shape index (κ2) is 10.7. The van der Waals surface area contributed by atoms with Gasteiger partial charge in [0, 0.05) is 18.7 Å². The Morgan fingerprint density at radius 3 is 2.54 bits per heavy atom. The van der Waals surface area contributed by atoms with Crippen molar-refractivity contribution in [1.82, 2.24) is 9.97 Å². The highest BCUT2D eigenvalue weighted by atomic mass is 16.5. The molecular formula is C22H33N3O3. The van der Waals surface area contributed by atoms with Crippen molar-refractivity contribution in [3.8, 4) is 28.6 Å². The van der Waals surface area contributed by atoms with E-state index in [2.05, 4.69) is 17.2 Å². The predicted octanol–water partition coefficient (Wildman–Crippen LogP) is 5.25. The molecule has 0 spiro atoms. The molecule has 0 aliphatic heterocycles. The van der Waals surface area contributed by atoms with Gasteiger partial charge in [0.15, 0.2) is 5.82 Å². The Morgan fingerprint density at radius 2 is 1.89 bits per heavy atom. The largest absolute Gasteiger partial charge is 0.496 e. The van der Waals surface area contributed by atoms with Gasteiger partial charge in [-0.25, -0.2) is 9.97 Å². The standard InChI is InChI=1S/C22H33N3O3/c1-7-8-9-10-13-27-22-21(23-5)25-20(16(4)24-22)18-12-11-17(28-15(2)3)14-19(18)26-6/h11-12,14-15H,7-10,13H2,1-6H3,(H,23,25). The zero-order chi connectivity index (χ0) is 20.5. The summed E-state index contributed by atoms with van der Waals surface area (Å²) in [7, 11) is 3.47. The number of aromatic nitrogens is 2. The molecule has 0 fully saturated rings. The molecule has 6 heteroatoms. The van der Waals surface area contributed by atoms with Gasteiger partial charge in [-0.3, -0.25) is 0 Å². The number of unbranched alkanes of at least 4 members (excludes halogenated alkanes) is 3. The smallest absolute Gasteiger partial charge is 0.257 e. The number of nitrogens with one attached hydrogen (secondary N) is 1. The van der Waals surface area contributed by atoms with Crippen LogP contribution in [-0.4, -0.2) is 36.8 Å². The fourth-order valence-corrected chi connectivity index (χ4v) is 2.93. The number of rotatable bonds is 11. The van der Waals surface area contributed by atoms with Crippen LogP contribution in [0.4, 0.5) is 5.82 Å². The van der Waals surface area contributed by atoms with Gasteiger partial charge in [-0.1, -0.05) is 26.2 Å². The zero-order valence-corrected chi connectivity index (χ0v) is 18.0. The maximum atomic E-state index is 5.88. The topological polar surface area (TPSA) is 65.5 Å². The number of anilines is 1. The van der Waals surface area contributed by atoms with E-state index in [1.807, 2.05) is 46.0 Å². The van der Waals surface area contributed by atoms with Gasteiger partial charge in [-0.2, -0.15) is 0 Å². The molecule has 154 valence electrons. The van der Waals surface area contributed by atoms with E-state index in [1.165, 1.54) is 12.8 Å². The lowest BCUT2D eigenvalue weighted by atomic mass is 10.1. The van der Waals surface area contributed by atoms with Gasteiger partial charge >= 0.3 is 0 Å². The Morgan fingerprint density at radius 1 is 1.11 bits per heavy atom. The first-order valence-electron chi connectivity index (χ1n) is 10.0.